The maximum atomic E-state index is 12.0. The number of rotatable bonds is 6. The van der Waals surface area contributed by atoms with Crippen LogP contribution in [0, 0.1) is 0 Å². The molecular weight excluding hydrogens is 270 g/mol. The first-order chi connectivity index (χ1) is 9.68. The van der Waals surface area contributed by atoms with Crippen molar-refractivity contribution in [3.8, 4) is 0 Å². The zero-order valence-corrected chi connectivity index (χ0v) is 13.9. The molecule has 21 heavy (non-hydrogen) atoms. The standard InChI is InChI=1S/C15H27N3O3/c1-7-15(20,8-2)10-18-12(14(4,5)6)11(16-17-18)13(19)21-9-3/h20H,7-10H2,1-6H3. The Morgan fingerprint density at radius 1 is 1.24 bits per heavy atom. The normalized spacial score (nSPS) is 12.5. The lowest BCUT2D eigenvalue weighted by atomic mass is 9.89. The first-order valence-electron chi connectivity index (χ1n) is 7.52. The molecule has 0 aliphatic heterocycles. The minimum atomic E-state index is -0.848. The van der Waals surface area contributed by atoms with Gasteiger partial charge in [-0.2, -0.15) is 0 Å². The second kappa shape index (κ2) is 6.56. The summed E-state index contributed by atoms with van der Waals surface area (Å²) in [6, 6.07) is 0. The van der Waals surface area contributed by atoms with E-state index in [1.807, 2.05) is 34.6 Å². The van der Waals surface area contributed by atoms with Gasteiger partial charge in [-0.3, -0.25) is 0 Å². The highest BCUT2D eigenvalue weighted by Crippen LogP contribution is 2.27. The quantitative estimate of drug-likeness (QED) is 0.815. The van der Waals surface area contributed by atoms with E-state index in [9.17, 15) is 9.90 Å². The lowest BCUT2D eigenvalue weighted by molar-refractivity contribution is 0.00991. The van der Waals surface area contributed by atoms with Gasteiger partial charge in [-0.1, -0.05) is 39.8 Å². The third-order valence-corrected chi connectivity index (χ3v) is 3.67. The van der Waals surface area contributed by atoms with Crippen molar-refractivity contribution in [2.24, 2.45) is 0 Å². The van der Waals surface area contributed by atoms with Crippen LogP contribution in [0.4, 0.5) is 0 Å². The van der Waals surface area contributed by atoms with Crippen molar-refractivity contribution < 1.29 is 14.6 Å². The highest BCUT2D eigenvalue weighted by atomic mass is 16.5. The largest absolute Gasteiger partial charge is 0.461 e. The van der Waals surface area contributed by atoms with Gasteiger partial charge in [0.1, 0.15) is 0 Å². The summed E-state index contributed by atoms with van der Waals surface area (Å²) in [5.74, 6) is -0.467. The number of carbonyl (C=O) groups excluding carboxylic acids is 1. The molecule has 0 aliphatic rings. The number of carbonyl (C=O) groups is 1. The third kappa shape index (κ3) is 4.03. The first kappa shape index (κ1) is 17.6. The van der Waals surface area contributed by atoms with E-state index in [-0.39, 0.29) is 11.1 Å². The summed E-state index contributed by atoms with van der Waals surface area (Å²) in [5.41, 5.74) is -0.242. The van der Waals surface area contributed by atoms with Gasteiger partial charge < -0.3 is 9.84 Å². The Morgan fingerprint density at radius 2 is 1.81 bits per heavy atom. The molecule has 0 fully saturated rings. The van der Waals surface area contributed by atoms with Gasteiger partial charge in [-0.05, 0) is 19.8 Å². The minimum Gasteiger partial charge on any atom is -0.461 e. The van der Waals surface area contributed by atoms with E-state index in [2.05, 4.69) is 10.3 Å². The van der Waals surface area contributed by atoms with E-state index in [1.54, 1.807) is 11.6 Å². The molecule has 6 nitrogen and oxygen atoms in total. The lowest BCUT2D eigenvalue weighted by Crippen LogP contribution is -2.35. The van der Waals surface area contributed by atoms with Crippen molar-refractivity contribution in [2.75, 3.05) is 6.61 Å². The molecule has 0 aliphatic carbocycles. The Labute approximate surface area is 126 Å². The van der Waals surface area contributed by atoms with Crippen LogP contribution in [0.25, 0.3) is 0 Å². The average molecular weight is 297 g/mol. The van der Waals surface area contributed by atoms with Crippen molar-refractivity contribution in [3.05, 3.63) is 11.4 Å². The van der Waals surface area contributed by atoms with Gasteiger partial charge in [0.05, 0.1) is 24.4 Å². The van der Waals surface area contributed by atoms with Crippen LogP contribution in [-0.4, -0.2) is 38.3 Å². The molecule has 1 aromatic heterocycles. The molecule has 0 bridgehead atoms. The molecule has 1 aromatic rings. The van der Waals surface area contributed by atoms with E-state index in [1.165, 1.54) is 0 Å². The Bertz CT molecular complexity index is 485. The Balaban J connectivity index is 3.25. The van der Waals surface area contributed by atoms with E-state index in [4.69, 9.17) is 4.74 Å². The molecule has 0 aromatic carbocycles. The van der Waals surface area contributed by atoms with Crippen LogP contribution in [-0.2, 0) is 16.7 Å². The lowest BCUT2D eigenvalue weighted by Gasteiger charge is -2.28. The van der Waals surface area contributed by atoms with E-state index in [0.717, 1.165) is 0 Å². The van der Waals surface area contributed by atoms with Crippen LogP contribution in [0.2, 0.25) is 0 Å². The van der Waals surface area contributed by atoms with Gasteiger partial charge in [0.2, 0.25) is 0 Å². The summed E-state index contributed by atoms with van der Waals surface area (Å²) in [7, 11) is 0. The average Bonchev–Trinajstić information content (AvgIpc) is 2.82. The molecule has 1 N–H and O–H groups in total. The van der Waals surface area contributed by atoms with Crippen LogP contribution in [0.3, 0.4) is 0 Å². The summed E-state index contributed by atoms with van der Waals surface area (Å²) in [6.45, 7) is 12.2. The summed E-state index contributed by atoms with van der Waals surface area (Å²) >= 11 is 0. The Hall–Kier alpha value is -1.43. The maximum Gasteiger partial charge on any atom is 0.360 e. The van der Waals surface area contributed by atoms with Crippen molar-refractivity contribution in [3.63, 3.8) is 0 Å². The first-order valence-corrected chi connectivity index (χ1v) is 7.52. The van der Waals surface area contributed by atoms with Crippen molar-refractivity contribution >= 4 is 5.97 Å². The molecule has 0 amide bonds. The second-order valence-corrected chi connectivity index (χ2v) is 6.35. The summed E-state index contributed by atoms with van der Waals surface area (Å²) < 4.78 is 6.68. The number of aliphatic hydroxyl groups is 1. The molecule has 0 radical (unpaired) electrons. The molecule has 0 saturated heterocycles. The van der Waals surface area contributed by atoms with Crippen LogP contribution in [0.15, 0.2) is 0 Å². The fraction of sp³-hybridized carbons (Fsp3) is 0.800. The number of ether oxygens (including phenoxy) is 1. The molecule has 1 heterocycles. The topological polar surface area (TPSA) is 77.2 Å². The van der Waals surface area contributed by atoms with Gasteiger partial charge in [-0.25, -0.2) is 9.48 Å². The smallest absolute Gasteiger partial charge is 0.360 e. The maximum absolute atomic E-state index is 12.0. The molecule has 0 spiro atoms. The Kier molecular flexibility index (Phi) is 5.50. The van der Waals surface area contributed by atoms with E-state index >= 15 is 0 Å². The molecule has 1 rings (SSSR count). The monoisotopic (exact) mass is 297 g/mol. The molecule has 120 valence electrons. The van der Waals surface area contributed by atoms with E-state index in [0.29, 0.717) is 31.7 Å². The van der Waals surface area contributed by atoms with E-state index < -0.39 is 11.6 Å². The molecule has 0 atom stereocenters. The number of aromatic nitrogens is 3. The minimum absolute atomic E-state index is 0.235. The number of nitrogens with zero attached hydrogens (tertiary/aromatic N) is 3. The van der Waals surface area contributed by atoms with Gasteiger partial charge in [-0.15, -0.1) is 5.10 Å². The van der Waals surface area contributed by atoms with Gasteiger partial charge in [0.15, 0.2) is 5.69 Å². The Morgan fingerprint density at radius 3 is 2.24 bits per heavy atom. The van der Waals surface area contributed by atoms with Crippen LogP contribution in [0.1, 0.15) is 70.6 Å². The highest BCUT2D eigenvalue weighted by Gasteiger charge is 2.33. The molecule has 6 heteroatoms. The number of esters is 1. The predicted molar refractivity (Wildman–Crippen MR) is 80.2 cm³/mol. The molecular formula is C15H27N3O3. The third-order valence-electron chi connectivity index (χ3n) is 3.67. The second-order valence-electron chi connectivity index (χ2n) is 6.35. The SMILES string of the molecule is CCOC(=O)c1nnn(CC(O)(CC)CC)c1C(C)(C)C. The number of hydrogen-bond acceptors (Lipinski definition) is 5. The molecule has 0 saturated carbocycles. The van der Waals surface area contributed by atoms with Gasteiger partial charge >= 0.3 is 5.97 Å². The van der Waals surface area contributed by atoms with Crippen molar-refractivity contribution in [1.82, 2.24) is 15.0 Å². The zero-order chi connectivity index (χ0) is 16.3. The summed E-state index contributed by atoms with van der Waals surface area (Å²) in [4.78, 5) is 12.0. The zero-order valence-electron chi connectivity index (χ0n) is 13.9. The van der Waals surface area contributed by atoms with Crippen LogP contribution in [0.5, 0.6) is 0 Å². The van der Waals surface area contributed by atoms with Crippen molar-refractivity contribution in [1.29, 1.82) is 0 Å². The fourth-order valence-corrected chi connectivity index (χ4v) is 2.26. The van der Waals surface area contributed by atoms with Gasteiger partial charge in [0.25, 0.3) is 0 Å². The molecule has 0 unspecified atom stereocenters. The predicted octanol–water partition coefficient (Wildman–Crippen LogP) is 2.30. The van der Waals surface area contributed by atoms with Gasteiger partial charge in [0, 0.05) is 5.41 Å². The summed E-state index contributed by atoms with van der Waals surface area (Å²) in [6.07, 6.45) is 1.23. The van der Waals surface area contributed by atoms with Crippen LogP contribution < -0.4 is 0 Å². The highest BCUT2D eigenvalue weighted by molar-refractivity contribution is 5.88. The fourth-order valence-electron chi connectivity index (χ4n) is 2.26. The van der Waals surface area contributed by atoms with Crippen LogP contribution >= 0.6 is 0 Å². The van der Waals surface area contributed by atoms with Crippen molar-refractivity contribution in [2.45, 2.75) is 71.9 Å². The summed E-state index contributed by atoms with van der Waals surface area (Å²) in [5, 5.41) is 18.6. The number of hydrogen-bond donors (Lipinski definition) is 1.